The lowest BCUT2D eigenvalue weighted by Crippen LogP contribution is -2.49. The summed E-state index contributed by atoms with van der Waals surface area (Å²) in [5.41, 5.74) is 0.805. The summed E-state index contributed by atoms with van der Waals surface area (Å²) in [4.78, 5) is 26.7. The van der Waals surface area contributed by atoms with E-state index in [0.717, 1.165) is 19.3 Å². The van der Waals surface area contributed by atoms with Crippen LogP contribution in [-0.4, -0.2) is 35.4 Å². The first-order valence-corrected chi connectivity index (χ1v) is 10.0. The highest BCUT2D eigenvalue weighted by Crippen LogP contribution is 2.23. The summed E-state index contributed by atoms with van der Waals surface area (Å²) in [6, 6.07) is 10.9. The van der Waals surface area contributed by atoms with E-state index in [1.165, 1.54) is 18.2 Å². The van der Waals surface area contributed by atoms with Crippen molar-refractivity contribution in [3.05, 3.63) is 58.9 Å². The first kappa shape index (κ1) is 21.1. The maximum absolute atomic E-state index is 13.2. The number of amides is 2. The predicted molar refractivity (Wildman–Crippen MR) is 111 cm³/mol. The molecule has 1 heterocycles. The molecule has 0 aromatic heterocycles. The molecule has 0 unspecified atom stereocenters. The Bertz CT molecular complexity index is 878. The van der Waals surface area contributed by atoms with Crippen molar-refractivity contribution in [1.82, 2.24) is 4.90 Å². The average molecular weight is 419 g/mol. The van der Waals surface area contributed by atoms with E-state index in [1.54, 1.807) is 24.3 Å². The second-order valence-corrected chi connectivity index (χ2v) is 7.73. The van der Waals surface area contributed by atoms with Gasteiger partial charge in [-0.05, 0) is 75.6 Å². The van der Waals surface area contributed by atoms with Gasteiger partial charge in [0.15, 0.2) is 6.61 Å². The van der Waals surface area contributed by atoms with Gasteiger partial charge in [-0.2, -0.15) is 0 Å². The molecule has 7 heteroatoms. The van der Waals surface area contributed by atoms with E-state index < -0.39 is 5.82 Å². The quantitative estimate of drug-likeness (QED) is 0.751. The van der Waals surface area contributed by atoms with Crippen LogP contribution in [0.15, 0.2) is 42.5 Å². The minimum absolute atomic E-state index is 0.0280. The van der Waals surface area contributed by atoms with Gasteiger partial charge in [-0.3, -0.25) is 9.59 Å². The molecule has 29 heavy (non-hydrogen) atoms. The Balaban J connectivity index is 1.56. The van der Waals surface area contributed by atoms with Crippen molar-refractivity contribution in [3.8, 4) is 5.75 Å². The zero-order valence-corrected chi connectivity index (χ0v) is 17.2. The number of hydrogen-bond acceptors (Lipinski definition) is 3. The van der Waals surface area contributed by atoms with Gasteiger partial charge in [0, 0.05) is 23.3 Å². The van der Waals surface area contributed by atoms with E-state index in [2.05, 4.69) is 19.2 Å². The zero-order chi connectivity index (χ0) is 21.0. The highest BCUT2D eigenvalue weighted by Gasteiger charge is 2.28. The Hall–Kier alpha value is -2.60. The topological polar surface area (TPSA) is 58.6 Å². The lowest BCUT2D eigenvalue weighted by Gasteiger charge is -2.38. The lowest BCUT2D eigenvalue weighted by atomic mass is 9.97. The van der Waals surface area contributed by atoms with Crippen molar-refractivity contribution >= 4 is 29.1 Å². The second-order valence-electron chi connectivity index (χ2n) is 7.33. The Morgan fingerprint density at radius 1 is 1.14 bits per heavy atom. The molecule has 1 saturated heterocycles. The highest BCUT2D eigenvalue weighted by atomic mass is 35.5. The van der Waals surface area contributed by atoms with Gasteiger partial charge in [-0.15, -0.1) is 0 Å². The number of ether oxygens (including phenoxy) is 1. The summed E-state index contributed by atoms with van der Waals surface area (Å²) < 4.78 is 18.8. The third-order valence-electron chi connectivity index (χ3n) is 5.14. The van der Waals surface area contributed by atoms with Gasteiger partial charge in [0.2, 0.25) is 0 Å². The number of piperidine rings is 1. The van der Waals surface area contributed by atoms with E-state index in [0.29, 0.717) is 17.0 Å². The van der Waals surface area contributed by atoms with Gasteiger partial charge < -0.3 is 15.0 Å². The summed E-state index contributed by atoms with van der Waals surface area (Å²) >= 11 is 5.72. The van der Waals surface area contributed by atoms with Crippen molar-refractivity contribution in [1.29, 1.82) is 0 Å². The summed E-state index contributed by atoms with van der Waals surface area (Å²) in [5.74, 6) is -0.419. The molecule has 0 bridgehead atoms. The third kappa shape index (κ3) is 5.26. The molecule has 0 saturated carbocycles. The van der Waals surface area contributed by atoms with E-state index in [-0.39, 0.29) is 35.5 Å². The first-order chi connectivity index (χ1) is 13.8. The molecule has 5 nitrogen and oxygen atoms in total. The van der Waals surface area contributed by atoms with Crippen LogP contribution in [0.5, 0.6) is 5.75 Å². The molecule has 0 aliphatic carbocycles. The van der Waals surface area contributed by atoms with Crippen molar-refractivity contribution in [2.45, 2.75) is 45.2 Å². The number of hydrogen-bond donors (Lipinski definition) is 1. The fraction of sp³-hybridized carbons (Fsp3) is 0.364. The van der Waals surface area contributed by atoms with Crippen LogP contribution >= 0.6 is 11.6 Å². The molecular weight excluding hydrogens is 395 g/mol. The van der Waals surface area contributed by atoms with Crippen molar-refractivity contribution < 1.29 is 18.7 Å². The fourth-order valence-electron chi connectivity index (χ4n) is 3.61. The molecular formula is C22H24ClFN2O3. The van der Waals surface area contributed by atoms with E-state index in [9.17, 15) is 14.0 Å². The van der Waals surface area contributed by atoms with Gasteiger partial charge in [0.1, 0.15) is 11.6 Å². The number of benzene rings is 2. The van der Waals surface area contributed by atoms with Crippen molar-refractivity contribution in [2.24, 2.45) is 0 Å². The Morgan fingerprint density at radius 3 is 2.41 bits per heavy atom. The molecule has 2 aromatic rings. The van der Waals surface area contributed by atoms with Gasteiger partial charge in [-0.1, -0.05) is 11.6 Å². The van der Waals surface area contributed by atoms with Crippen LogP contribution in [-0.2, 0) is 4.79 Å². The Morgan fingerprint density at radius 2 is 1.79 bits per heavy atom. The number of carbonyl (C=O) groups is 2. The van der Waals surface area contributed by atoms with Gasteiger partial charge >= 0.3 is 0 Å². The van der Waals surface area contributed by atoms with Gasteiger partial charge in [0.05, 0.1) is 5.02 Å². The standard InChI is InChI=1S/C22H24ClFN2O3/c1-14-4-3-5-15(2)26(14)21(27)13-29-18-9-6-16(7-10-18)22(28)25-17-8-11-20(24)19(23)12-17/h6-12,14-15H,3-5,13H2,1-2H3,(H,25,28)/t14-,15-/m0/s1. The predicted octanol–water partition coefficient (Wildman–Crippen LogP) is 4.90. The smallest absolute Gasteiger partial charge is 0.260 e. The second kappa shape index (κ2) is 9.27. The molecule has 1 aliphatic rings. The third-order valence-corrected chi connectivity index (χ3v) is 5.43. The molecule has 1 aliphatic heterocycles. The first-order valence-electron chi connectivity index (χ1n) is 9.65. The summed E-state index contributed by atoms with van der Waals surface area (Å²) in [6.45, 7) is 4.10. The van der Waals surface area contributed by atoms with Crippen LogP contribution < -0.4 is 10.1 Å². The highest BCUT2D eigenvalue weighted by molar-refractivity contribution is 6.31. The van der Waals surface area contributed by atoms with Crippen LogP contribution in [0.25, 0.3) is 0 Å². The lowest BCUT2D eigenvalue weighted by molar-refractivity contribution is -0.139. The SMILES string of the molecule is C[C@H]1CCC[C@H](C)N1C(=O)COc1ccc(C(=O)Nc2ccc(F)c(Cl)c2)cc1. The van der Waals surface area contributed by atoms with Gasteiger partial charge in [-0.25, -0.2) is 4.39 Å². The fourth-order valence-corrected chi connectivity index (χ4v) is 3.79. The number of nitrogens with one attached hydrogen (secondary N) is 1. The summed E-state index contributed by atoms with van der Waals surface area (Å²) in [7, 11) is 0. The largest absolute Gasteiger partial charge is 0.484 e. The molecule has 1 fully saturated rings. The van der Waals surface area contributed by atoms with E-state index in [1.807, 2.05) is 4.90 Å². The molecule has 2 amide bonds. The molecule has 2 aromatic carbocycles. The monoisotopic (exact) mass is 418 g/mol. The number of anilines is 1. The number of rotatable bonds is 5. The van der Waals surface area contributed by atoms with Crippen LogP contribution in [0, 0.1) is 5.82 Å². The van der Waals surface area contributed by atoms with Crippen molar-refractivity contribution in [2.75, 3.05) is 11.9 Å². The number of nitrogens with zero attached hydrogens (tertiary/aromatic N) is 1. The summed E-state index contributed by atoms with van der Waals surface area (Å²) in [6.07, 6.45) is 3.17. The molecule has 3 rings (SSSR count). The van der Waals surface area contributed by atoms with Crippen LogP contribution in [0.3, 0.4) is 0 Å². The van der Waals surface area contributed by atoms with Gasteiger partial charge in [0.25, 0.3) is 11.8 Å². The summed E-state index contributed by atoms with van der Waals surface area (Å²) in [5, 5.41) is 2.60. The normalized spacial score (nSPS) is 19.0. The van der Waals surface area contributed by atoms with Crippen molar-refractivity contribution in [3.63, 3.8) is 0 Å². The molecule has 0 spiro atoms. The molecule has 2 atom stereocenters. The van der Waals surface area contributed by atoms with Crippen LogP contribution in [0.2, 0.25) is 5.02 Å². The number of likely N-dealkylation sites (tertiary alicyclic amines) is 1. The zero-order valence-electron chi connectivity index (χ0n) is 16.5. The Labute approximate surface area is 174 Å². The maximum atomic E-state index is 13.2. The molecule has 0 radical (unpaired) electrons. The molecule has 154 valence electrons. The minimum atomic E-state index is -0.547. The number of halogens is 2. The minimum Gasteiger partial charge on any atom is -0.484 e. The average Bonchev–Trinajstić information content (AvgIpc) is 2.69. The van der Waals surface area contributed by atoms with Crippen LogP contribution in [0.4, 0.5) is 10.1 Å². The van der Waals surface area contributed by atoms with E-state index in [4.69, 9.17) is 16.3 Å². The Kier molecular flexibility index (Phi) is 6.75. The number of carbonyl (C=O) groups excluding carboxylic acids is 2. The van der Waals surface area contributed by atoms with E-state index >= 15 is 0 Å². The molecule has 1 N–H and O–H groups in total. The van der Waals surface area contributed by atoms with Crippen LogP contribution in [0.1, 0.15) is 43.5 Å². The maximum Gasteiger partial charge on any atom is 0.260 e.